The van der Waals surface area contributed by atoms with Crippen LogP contribution in [0.25, 0.3) is 0 Å². The first-order valence-corrected chi connectivity index (χ1v) is 11.0. The van der Waals surface area contributed by atoms with Crippen LogP contribution in [0, 0.1) is 0 Å². The Morgan fingerprint density at radius 2 is 1.74 bits per heavy atom. The molecule has 1 amide bonds. The molecule has 0 aliphatic carbocycles. The number of nitrogens with two attached hydrogens (primary N) is 1. The van der Waals surface area contributed by atoms with Crippen LogP contribution < -0.4 is 15.8 Å². The van der Waals surface area contributed by atoms with E-state index in [4.69, 9.17) is 5.73 Å². The lowest BCUT2D eigenvalue weighted by Gasteiger charge is -2.20. The van der Waals surface area contributed by atoms with Crippen LogP contribution >= 0.6 is 22.6 Å². The Bertz CT molecular complexity index is 937. The number of anilines is 2. The number of aryl methyl sites for hydroxylation is 2. The minimum atomic E-state index is -3.64. The van der Waals surface area contributed by atoms with E-state index in [0.29, 0.717) is 18.5 Å². The van der Waals surface area contributed by atoms with Crippen LogP contribution in [-0.4, -0.2) is 17.9 Å². The van der Waals surface area contributed by atoms with Crippen LogP contribution in [0.15, 0.2) is 47.4 Å². The highest BCUT2D eigenvalue weighted by Crippen LogP contribution is 2.21. The van der Waals surface area contributed by atoms with Crippen molar-refractivity contribution < 1.29 is 13.2 Å². The Balaban J connectivity index is 2.19. The van der Waals surface area contributed by atoms with Gasteiger partial charge in [0.15, 0.2) is 0 Å². The Morgan fingerprint density at radius 3 is 2.37 bits per heavy atom. The molecule has 4 N–H and O–H groups in total. The number of nitrogens with one attached hydrogen (secondary N) is 2. The maximum atomic E-state index is 12.6. The number of benzene rings is 2. The summed E-state index contributed by atoms with van der Waals surface area (Å²) in [4.78, 5) is 11.3. The molecule has 0 saturated heterocycles. The van der Waals surface area contributed by atoms with Crippen molar-refractivity contribution in [2.75, 3.05) is 11.1 Å². The molecule has 0 saturated carbocycles. The molecular weight excluding hydrogens is 477 g/mol. The SMILES string of the molecule is CC(C)(C)NS(=O)(=O)c1cc(N)cc(CCc2cccc(NC(=O)I)c2)c1. The van der Waals surface area contributed by atoms with Gasteiger partial charge in [0.2, 0.25) is 10.0 Å². The normalized spacial score (nSPS) is 12.0. The molecule has 6 nitrogen and oxygen atoms in total. The summed E-state index contributed by atoms with van der Waals surface area (Å²) in [5, 5.41) is 2.74. The van der Waals surface area contributed by atoms with E-state index in [2.05, 4.69) is 10.0 Å². The zero-order valence-electron chi connectivity index (χ0n) is 15.5. The van der Waals surface area contributed by atoms with Crippen molar-refractivity contribution in [1.82, 2.24) is 4.72 Å². The molecule has 0 heterocycles. The van der Waals surface area contributed by atoms with Crippen LogP contribution in [0.1, 0.15) is 31.9 Å². The number of amides is 1. The summed E-state index contributed by atoms with van der Waals surface area (Å²) in [5.74, 6) is 0. The van der Waals surface area contributed by atoms with Gasteiger partial charge in [-0.05, 0) is 75.1 Å². The molecule has 0 spiro atoms. The van der Waals surface area contributed by atoms with Crippen molar-refractivity contribution in [1.29, 1.82) is 0 Å². The van der Waals surface area contributed by atoms with Gasteiger partial charge in [-0.2, -0.15) is 0 Å². The average Bonchev–Trinajstić information content (AvgIpc) is 2.50. The van der Waals surface area contributed by atoms with Gasteiger partial charge in [-0.15, -0.1) is 0 Å². The lowest BCUT2D eigenvalue weighted by molar-refractivity contribution is 0.272. The smallest absolute Gasteiger partial charge is 0.284 e. The average molecular weight is 501 g/mol. The molecule has 0 unspecified atom stereocenters. The van der Waals surface area contributed by atoms with Gasteiger partial charge in [-0.25, -0.2) is 13.1 Å². The summed E-state index contributed by atoms with van der Waals surface area (Å²) in [7, 11) is -3.64. The first-order chi connectivity index (χ1) is 12.4. The molecule has 27 heavy (non-hydrogen) atoms. The monoisotopic (exact) mass is 501 g/mol. The third kappa shape index (κ3) is 7.11. The number of hydrogen-bond acceptors (Lipinski definition) is 4. The van der Waals surface area contributed by atoms with Crippen LogP contribution in [0.3, 0.4) is 0 Å². The summed E-state index contributed by atoms with van der Waals surface area (Å²) >= 11 is 1.69. The molecule has 8 heteroatoms. The summed E-state index contributed by atoms with van der Waals surface area (Å²) in [5.41, 5.74) is 8.37. The number of carbonyl (C=O) groups is 1. The van der Waals surface area contributed by atoms with Crippen molar-refractivity contribution in [3.05, 3.63) is 53.6 Å². The first kappa shape index (κ1) is 21.6. The summed E-state index contributed by atoms with van der Waals surface area (Å²) in [6, 6.07) is 12.5. The lowest BCUT2D eigenvalue weighted by atomic mass is 10.0. The van der Waals surface area contributed by atoms with E-state index in [9.17, 15) is 13.2 Å². The maximum Gasteiger partial charge on any atom is 0.284 e. The molecule has 2 aromatic rings. The summed E-state index contributed by atoms with van der Waals surface area (Å²) in [6.45, 7) is 5.37. The summed E-state index contributed by atoms with van der Waals surface area (Å²) < 4.78 is 27.6. The number of hydrogen-bond donors (Lipinski definition) is 3. The van der Waals surface area contributed by atoms with Crippen molar-refractivity contribution in [2.24, 2.45) is 0 Å². The highest BCUT2D eigenvalue weighted by Gasteiger charge is 2.22. The zero-order chi connectivity index (χ0) is 20.2. The van der Waals surface area contributed by atoms with Crippen LogP contribution in [-0.2, 0) is 22.9 Å². The largest absolute Gasteiger partial charge is 0.399 e. The highest BCUT2D eigenvalue weighted by molar-refractivity contribution is 14.1. The molecule has 0 radical (unpaired) electrons. The van der Waals surface area contributed by atoms with Crippen LogP contribution in [0.5, 0.6) is 0 Å². The molecule has 0 aliphatic heterocycles. The van der Waals surface area contributed by atoms with E-state index in [1.807, 2.05) is 24.3 Å². The Hall–Kier alpha value is -1.65. The standard InChI is InChI=1S/C19H24IN3O3S/c1-19(2,3)23-27(25,26)17-11-14(9-15(21)12-17)8-7-13-5-4-6-16(10-13)22-18(20)24/h4-6,9-12,23H,7-8,21H2,1-3H3,(H,22,24). The van der Waals surface area contributed by atoms with E-state index in [-0.39, 0.29) is 8.81 Å². The van der Waals surface area contributed by atoms with Gasteiger partial charge in [0.25, 0.3) is 3.91 Å². The van der Waals surface area contributed by atoms with E-state index in [0.717, 1.165) is 16.8 Å². The van der Waals surface area contributed by atoms with Crippen molar-refractivity contribution in [2.45, 2.75) is 44.0 Å². The molecule has 0 fully saturated rings. The molecule has 0 bridgehead atoms. The minimum Gasteiger partial charge on any atom is -0.399 e. The van der Waals surface area contributed by atoms with Crippen molar-refractivity contribution in [3.8, 4) is 0 Å². The third-order valence-corrected chi connectivity index (χ3v) is 5.62. The number of halogens is 1. The number of sulfonamides is 1. The van der Waals surface area contributed by atoms with E-state index >= 15 is 0 Å². The molecule has 2 rings (SSSR count). The predicted molar refractivity (Wildman–Crippen MR) is 118 cm³/mol. The van der Waals surface area contributed by atoms with E-state index in [1.165, 1.54) is 6.07 Å². The predicted octanol–water partition coefficient (Wildman–Crippen LogP) is 4.10. The van der Waals surface area contributed by atoms with E-state index in [1.54, 1.807) is 55.5 Å². The Kier molecular flexibility index (Phi) is 6.87. The minimum absolute atomic E-state index is 0.151. The van der Waals surface area contributed by atoms with E-state index < -0.39 is 15.6 Å². The van der Waals surface area contributed by atoms with Crippen LogP contribution in [0.2, 0.25) is 0 Å². The second kappa shape index (κ2) is 8.57. The quantitative estimate of drug-likeness (QED) is 0.240. The molecule has 146 valence electrons. The van der Waals surface area contributed by atoms with Crippen molar-refractivity contribution >= 4 is 47.9 Å². The van der Waals surface area contributed by atoms with Gasteiger partial charge in [0.1, 0.15) is 0 Å². The topological polar surface area (TPSA) is 101 Å². The van der Waals surface area contributed by atoms with Crippen LogP contribution in [0.4, 0.5) is 16.2 Å². The fourth-order valence-corrected chi connectivity index (χ4v) is 4.49. The second-order valence-electron chi connectivity index (χ2n) is 7.36. The van der Waals surface area contributed by atoms with Gasteiger partial charge < -0.3 is 11.1 Å². The van der Waals surface area contributed by atoms with Crippen molar-refractivity contribution in [3.63, 3.8) is 0 Å². The molecule has 2 aromatic carbocycles. The van der Waals surface area contributed by atoms with Gasteiger partial charge in [0, 0.05) is 39.5 Å². The highest BCUT2D eigenvalue weighted by atomic mass is 127. The van der Waals surface area contributed by atoms with Gasteiger partial charge in [0.05, 0.1) is 4.90 Å². The third-order valence-electron chi connectivity index (χ3n) is 3.61. The van der Waals surface area contributed by atoms with Gasteiger partial charge in [-0.3, -0.25) is 4.79 Å². The molecule has 0 aliphatic rings. The maximum absolute atomic E-state index is 12.6. The molecular formula is C19H24IN3O3S. The second-order valence-corrected chi connectivity index (χ2v) is 10.0. The molecule has 0 aromatic heterocycles. The fourth-order valence-electron chi connectivity index (χ4n) is 2.65. The number of nitrogen functional groups attached to an aromatic ring is 1. The number of carbonyl (C=O) groups excluding carboxylic acids is 1. The molecule has 0 atom stereocenters. The fraction of sp³-hybridized carbons (Fsp3) is 0.316. The Morgan fingerprint density at radius 1 is 1.07 bits per heavy atom. The first-order valence-electron chi connectivity index (χ1n) is 8.43. The zero-order valence-corrected chi connectivity index (χ0v) is 18.5. The number of rotatable bonds is 6. The lowest BCUT2D eigenvalue weighted by Crippen LogP contribution is -2.40. The van der Waals surface area contributed by atoms with Gasteiger partial charge in [-0.1, -0.05) is 12.1 Å². The van der Waals surface area contributed by atoms with Gasteiger partial charge >= 0.3 is 0 Å². The Labute approximate surface area is 174 Å². The summed E-state index contributed by atoms with van der Waals surface area (Å²) in [6.07, 6.45) is 1.32.